The molecule has 7 heteroatoms. The van der Waals surface area contributed by atoms with E-state index in [0.717, 1.165) is 50.5 Å². The molecule has 1 saturated carbocycles. The van der Waals surface area contributed by atoms with Gasteiger partial charge in [-0.15, -0.1) is 0 Å². The molecule has 158 valence electrons. The highest BCUT2D eigenvalue weighted by Crippen LogP contribution is 2.22. The Balaban J connectivity index is 1.28. The number of nitrogens with zero attached hydrogens (tertiary/aromatic N) is 2. The van der Waals surface area contributed by atoms with Crippen molar-refractivity contribution in [2.75, 3.05) is 50.1 Å². The summed E-state index contributed by atoms with van der Waals surface area (Å²) in [4.78, 5) is 29.5. The number of para-hydroxylation sites is 1. The number of benzene rings is 2. The van der Waals surface area contributed by atoms with Crippen LogP contribution in [0.1, 0.15) is 23.2 Å². The molecule has 2 aromatic carbocycles. The van der Waals surface area contributed by atoms with Crippen LogP contribution in [0.4, 0.5) is 11.4 Å². The fourth-order valence-corrected chi connectivity index (χ4v) is 3.63. The molecule has 0 spiro atoms. The van der Waals surface area contributed by atoms with E-state index in [2.05, 4.69) is 32.6 Å². The number of ether oxygens (including phenoxy) is 1. The maximum Gasteiger partial charge on any atom is 0.253 e. The lowest BCUT2D eigenvalue weighted by molar-refractivity contribution is -0.117. The van der Waals surface area contributed by atoms with Crippen LogP contribution in [-0.4, -0.2) is 62.6 Å². The number of rotatable bonds is 7. The maximum absolute atomic E-state index is 12.6. The van der Waals surface area contributed by atoms with Gasteiger partial charge in [0.15, 0.2) is 0 Å². The van der Waals surface area contributed by atoms with E-state index in [0.29, 0.717) is 17.8 Å². The molecule has 1 saturated heterocycles. The Morgan fingerprint density at radius 2 is 1.70 bits per heavy atom. The normalized spacial score (nSPS) is 16.8. The van der Waals surface area contributed by atoms with Gasteiger partial charge < -0.3 is 20.3 Å². The van der Waals surface area contributed by atoms with Crippen molar-refractivity contribution in [3.63, 3.8) is 0 Å². The van der Waals surface area contributed by atoms with Gasteiger partial charge in [0.25, 0.3) is 5.91 Å². The van der Waals surface area contributed by atoms with E-state index in [1.807, 2.05) is 24.3 Å². The van der Waals surface area contributed by atoms with Crippen molar-refractivity contribution in [2.24, 2.45) is 0 Å². The van der Waals surface area contributed by atoms with Gasteiger partial charge in [-0.25, -0.2) is 0 Å². The van der Waals surface area contributed by atoms with Crippen molar-refractivity contribution in [1.82, 2.24) is 10.2 Å². The van der Waals surface area contributed by atoms with Crippen molar-refractivity contribution in [1.29, 1.82) is 0 Å². The maximum atomic E-state index is 12.6. The first-order valence-electron chi connectivity index (χ1n) is 10.4. The molecular weight excluding hydrogens is 380 g/mol. The van der Waals surface area contributed by atoms with Crippen LogP contribution in [0.5, 0.6) is 5.75 Å². The second-order valence-electron chi connectivity index (χ2n) is 7.80. The lowest BCUT2D eigenvalue weighted by Crippen LogP contribution is -2.48. The Labute approximate surface area is 177 Å². The Morgan fingerprint density at radius 1 is 1.00 bits per heavy atom. The Morgan fingerprint density at radius 3 is 2.37 bits per heavy atom. The zero-order valence-electron chi connectivity index (χ0n) is 17.3. The van der Waals surface area contributed by atoms with Crippen LogP contribution in [0.25, 0.3) is 0 Å². The van der Waals surface area contributed by atoms with E-state index in [1.165, 1.54) is 0 Å². The number of amides is 2. The second-order valence-corrected chi connectivity index (χ2v) is 7.80. The van der Waals surface area contributed by atoms with Gasteiger partial charge in [-0.2, -0.15) is 0 Å². The molecule has 2 amide bonds. The number of hydrogen-bond acceptors (Lipinski definition) is 5. The van der Waals surface area contributed by atoms with Crippen molar-refractivity contribution in [2.45, 2.75) is 18.9 Å². The first-order valence-corrected chi connectivity index (χ1v) is 10.4. The molecule has 4 rings (SSSR count). The quantitative estimate of drug-likeness (QED) is 0.736. The summed E-state index contributed by atoms with van der Waals surface area (Å²) in [7, 11) is 1.66. The second kappa shape index (κ2) is 9.17. The first-order chi connectivity index (χ1) is 14.6. The molecule has 2 fully saturated rings. The van der Waals surface area contributed by atoms with Crippen molar-refractivity contribution >= 4 is 23.2 Å². The number of carbonyl (C=O) groups excluding carboxylic acids is 2. The molecule has 1 aliphatic carbocycles. The highest BCUT2D eigenvalue weighted by atomic mass is 16.5. The molecule has 0 radical (unpaired) electrons. The standard InChI is InChI=1S/C23H28N4O3/c1-30-19-10-8-18(9-11-19)27-14-12-26(13-15-27)16-22(28)25-21-5-3-2-4-20(21)23(29)24-17-6-7-17/h2-5,8-11,17H,6-7,12-16H2,1H3,(H,24,29)(H,25,28). The van der Waals surface area contributed by atoms with Crippen LogP contribution in [0, 0.1) is 0 Å². The third-order valence-electron chi connectivity index (χ3n) is 5.54. The smallest absolute Gasteiger partial charge is 0.253 e. The number of hydrogen-bond donors (Lipinski definition) is 2. The van der Waals surface area contributed by atoms with Crippen LogP contribution < -0.4 is 20.3 Å². The Kier molecular flexibility index (Phi) is 6.18. The zero-order chi connectivity index (χ0) is 20.9. The fraction of sp³-hybridized carbons (Fsp3) is 0.391. The van der Waals surface area contributed by atoms with Crippen LogP contribution in [0.2, 0.25) is 0 Å². The first kappa shape index (κ1) is 20.2. The minimum Gasteiger partial charge on any atom is -0.497 e. The number of carbonyl (C=O) groups is 2. The Bertz CT molecular complexity index is 888. The lowest BCUT2D eigenvalue weighted by Gasteiger charge is -2.35. The van der Waals surface area contributed by atoms with Gasteiger partial charge in [0.2, 0.25) is 5.91 Å². The largest absolute Gasteiger partial charge is 0.497 e. The highest BCUT2D eigenvalue weighted by Gasteiger charge is 2.25. The summed E-state index contributed by atoms with van der Waals surface area (Å²) in [5.74, 6) is 0.626. The zero-order valence-corrected chi connectivity index (χ0v) is 17.3. The van der Waals surface area contributed by atoms with E-state index in [4.69, 9.17) is 4.74 Å². The number of anilines is 2. The molecule has 7 nitrogen and oxygen atoms in total. The van der Waals surface area contributed by atoms with E-state index < -0.39 is 0 Å². The van der Waals surface area contributed by atoms with Crippen LogP contribution in [0.15, 0.2) is 48.5 Å². The van der Waals surface area contributed by atoms with Gasteiger partial charge in [-0.05, 0) is 49.2 Å². The van der Waals surface area contributed by atoms with E-state index in [1.54, 1.807) is 19.2 Å². The molecule has 30 heavy (non-hydrogen) atoms. The third kappa shape index (κ3) is 5.10. The van der Waals surface area contributed by atoms with E-state index >= 15 is 0 Å². The third-order valence-corrected chi connectivity index (χ3v) is 5.54. The lowest BCUT2D eigenvalue weighted by atomic mass is 10.1. The predicted octanol–water partition coefficient (Wildman–Crippen LogP) is 2.35. The molecule has 0 aromatic heterocycles. The molecule has 0 atom stereocenters. The summed E-state index contributed by atoms with van der Waals surface area (Å²) < 4.78 is 5.21. The summed E-state index contributed by atoms with van der Waals surface area (Å²) in [5, 5.41) is 5.90. The fourth-order valence-electron chi connectivity index (χ4n) is 3.63. The van der Waals surface area contributed by atoms with E-state index in [9.17, 15) is 9.59 Å². The van der Waals surface area contributed by atoms with Crippen LogP contribution in [-0.2, 0) is 4.79 Å². The molecule has 1 aliphatic heterocycles. The molecule has 2 aromatic rings. The summed E-state index contributed by atoms with van der Waals surface area (Å²) >= 11 is 0. The summed E-state index contributed by atoms with van der Waals surface area (Å²) in [6.07, 6.45) is 2.06. The molecule has 0 unspecified atom stereocenters. The minimum absolute atomic E-state index is 0.0976. The molecule has 0 bridgehead atoms. The van der Waals surface area contributed by atoms with Gasteiger partial charge in [0, 0.05) is 37.9 Å². The molecule has 2 N–H and O–H groups in total. The molecular formula is C23H28N4O3. The molecule has 2 aliphatic rings. The van der Waals surface area contributed by atoms with E-state index in [-0.39, 0.29) is 17.9 Å². The number of nitrogens with one attached hydrogen (secondary N) is 2. The predicted molar refractivity (Wildman–Crippen MR) is 117 cm³/mol. The van der Waals surface area contributed by atoms with Gasteiger partial charge in [-0.1, -0.05) is 12.1 Å². The molecule has 1 heterocycles. The summed E-state index contributed by atoms with van der Waals surface area (Å²) in [6, 6.07) is 15.5. The van der Waals surface area contributed by atoms with Crippen LogP contribution >= 0.6 is 0 Å². The average Bonchev–Trinajstić information content (AvgIpc) is 3.58. The summed E-state index contributed by atoms with van der Waals surface area (Å²) in [5.41, 5.74) is 2.25. The number of methoxy groups -OCH3 is 1. The number of piperazine rings is 1. The van der Waals surface area contributed by atoms with Gasteiger partial charge in [0.1, 0.15) is 5.75 Å². The summed E-state index contributed by atoms with van der Waals surface area (Å²) in [6.45, 7) is 3.65. The SMILES string of the molecule is COc1ccc(N2CCN(CC(=O)Nc3ccccc3C(=O)NC3CC3)CC2)cc1. The van der Waals surface area contributed by atoms with Gasteiger partial charge in [0.05, 0.1) is 24.9 Å². The highest BCUT2D eigenvalue weighted by molar-refractivity contribution is 6.04. The Hall–Kier alpha value is -3.06. The van der Waals surface area contributed by atoms with Crippen molar-refractivity contribution < 1.29 is 14.3 Å². The monoisotopic (exact) mass is 408 g/mol. The van der Waals surface area contributed by atoms with Crippen molar-refractivity contribution in [3.05, 3.63) is 54.1 Å². The van der Waals surface area contributed by atoms with Gasteiger partial charge >= 0.3 is 0 Å². The topological polar surface area (TPSA) is 73.9 Å². The average molecular weight is 409 g/mol. The van der Waals surface area contributed by atoms with Gasteiger partial charge in [-0.3, -0.25) is 14.5 Å². The minimum atomic E-state index is -0.124. The van der Waals surface area contributed by atoms with Crippen molar-refractivity contribution in [3.8, 4) is 5.75 Å². The van der Waals surface area contributed by atoms with Crippen LogP contribution in [0.3, 0.4) is 0 Å².